The van der Waals surface area contributed by atoms with Crippen LogP contribution in [-0.2, 0) is 9.53 Å². The Morgan fingerprint density at radius 2 is 1.50 bits per heavy atom. The first kappa shape index (κ1) is 13.4. The molecule has 0 aromatic heterocycles. The highest BCUT2D eigenvalue weighted by Gasteiger charge is 2.68. The average Bonchev–Trinajstić information content (AvgIpc) is 2.77. The molecule has 1 saturated heterocycles. The fraction of sp³-hybridized carbons (Fsp3) is 0.688. The maximum absolute atomic E-state index is 11.7. The van der Waals surface area contributed by atoms with Gasteiger partial charge in [-0.25, -0.2) is 0 Å². The van der Waals surface area contributed by atoms with Gasteiger partial charge in [-0.1, -0.05) is 38.2 Å². The Balaban J connectivity index is 2.60. The summed E-state index contributed by atoms with van der Waals surface area (Å²) in [5.41, 5.74) is 1.53. The van der Waals surface area contributed by atoms with Crippen LogP contribution >= 0.6 is 0 Å². The number of carbonyl (C=O) groups excluding carboxylic acids is 1. The van der Waals surface area contributed by atoms with Crippen LogP contribution in [0.4, 0.5) is 0 Å². The topological polar surface area (TPSA) is 26.3 Å². The summed E-state index contributed by atoms with van der Waals surface area (Å²) >= 11 is 0. The normalized spacial score (nSPS) is 37.9. The van der Waals surface area contributed by atoms with Gasteiger partial charge in [0.05, 0.1) is 0 Å². The molecule has 0 aromatic rings. The van der Waals surface area contributed by atoms with Crippen molar-refractivity contribution in [3.05, 3.63) is 24.3 Å². The molecule has 2 aliphatic rings. The molecule has 2 rings (SSSR count). The van der Waals surface area contributed by atoms with Crippen LogP contribution in [0.2, 0.25) is 0 Å². The lowest BCUT2D eigenvalue weighted by Gasteiger charge is -2.49. The predicted molar refractivity (Wildman–Crippen MR) is 73.1 cm³/mol. The Morgan fingerprint density at radius 3 is 1.78 bits per heavy atom. The Bertz CT molecular complexity index is 406. The van der Waals surface area contributed by atoms with Gasteiger partial charge in [-0.3, -0.25) is 4.79 Å². The lowest BCUT2D eigenvalue weighted by molar-refractivity contribution is -0.165. The second kappa shape index (κ2) is 3.72. The largest absolute Gasteiger partial charge is 0.457 e. The summed E-state index contributed by atoms with van der Waals surface area (Å²) in [4.78, 5) is 11.7. The molecule has 0 unspecified atom stereocenters. The summed E-state index contributed by atoms with van der Waals surface area (Å²) in [6, 6.07) is 0. The number of carbonyl (C=O) groups is 1. The second-order valence-corrected chi connectivity index (χ2v) is 6.53. The van der Waals surface area contributed by atoms with Crippen LogP contribution in [0.25, 0.3) is 0 Å². The van der Waals surface area contributed by atoms with Gasteiger partial charge >= 0.3 is 5.97 Å². The molecule has 0 amide bonds. The van der Waals surface area contributed by atoms with Crippen molar-refractivity contribution < 1.29 is 9.53 Å². The Labute approximate surface area is 110 Å². The molecule has 2 heteroatoms. The monoisotopic (exact) mass is 248 g/mol. The van der Waals surface area contributed by atoms with E-state index in [-0.39, 0.29) is 16.8 Å². The standard InChI is InChI=1S/C16H24O2/c1-11(2)14(5)9-10-15(6,12(3)4)16(14)8-7-13(17)18-16/h1,3,7-10H2,2,4-6H3/t14-,15-/m1/s1. The smallest absolute Gasteiger partial charge is 0.306 e. The van der Waals surface area contributed by atoms with Crippen LogP contribution in [0.15, 0.2) is 24.3 Å². The maximum Gasteiger partial charge on any atom is 0.306 e. The van der Waals surface area contributed by atoms with E-state index in [2.05, 4.69) is 40.9 Å². The molecule has 0 aromatic carbocycles. The minimum Gasteiger partial charge on any atom is -0.457 e. The van der Waals surface area contributed by atoms with Crippen LogP contribution in [0.3, 0.4) is 0 Å². The molecule has 18 heavy (non-hydrogen) atoms. The first-order chi connectivity index (χ1) is 8.19. The molecule has 0 radical (unpaired) electrons. The van der Waals surface area contributed by atoms with E-state index in [4.69, 9.17) is 4.74 Å². The van der Waals surface area contributed by atoms with Crippen molar-refractivity contribution in [2.24, 2.45) is 10.8 Å². The average molecular weight is 248 g/mol. The van der Waals surface area contributed by atoms with Crippen molar-refractivity contribution in [2.45, 2.75) is 59.0 Å². The van der Waals surface area contributed by atoms with E-state index >= 15 is 0 Å². The van der Waals surface area contributed by atoms with Crippen molar-refractivity contribution in [2.75, 3.05) is 0 Å². The Kier molecular flexibility index (Phi) is 2.77. The minimum atomic E-state index is -0.436. The van der Waals surface area contributed by atoms with E-state index in [9.17, 15) is 4.79 Å². The third-order valence-electron chi connectivity index (χ3n) is 5.76. The highest BCUT2D eigenvalue weighted by Crippen LogP contribution is 2.67. The lowest BCUT2D eigenvalue weighted by atomic mass is 9.60. The highest BCUT2D eigenvalue weighted by molar-refractivity contribution is 5.73. The van der Waals surface area contributed by atoms with Crippen molar-refractivity contribution in [3.8, 4) is 0 Å². The fourth-order valence-electron chi connectivity index (χ4n) is 3.98. The zero-order chi connectivity index (χ0) is 13.8. The second-order valence-electron chi connectivity index (χ2n) is 6.53. The summed E-state index contributed by atoms with van der Waals surface area (Å²) in [5.74, 6) is -0.0724. The van der Waals surface area contributed by atoms with Gasteiger partial charge in [-0.2, -0.15) is 0 Å². The number of rotatable bonds is 2. The fourth-order valence-corrected chi connectivity index (χ4v) is 3.98. The van der Waals surface area contributed by atoms with Crippen LogP contribution in [0.1, 0.15) is 53.4 Å². The molecule has 2 nitrogen and oxygen atoms in total. The third-order valence-corrected chi connectivity index (χ3v) is 5.76. The summed E-state index contributed by atoms with van der Waals surface area (Å²) in [6.45, 7) is 16.8. The zero-order valence-corrected chi connectivity index (χ0v) is 12.1. The molecular weight excluding hydrogens is 224 g/mol. The molecule has 1 spiro atoms. The molecule has 100 valence electrons. The molecule has 1 saturated carbocycles. The third kappa shape index (κ3) is 1.32. The van der Waals surface area contributed by atoms with Gasteiger partial charge in [-0.05, 0) is 33.1 Å². The highest BCUT2D eigenvalue weighted by atomic mass is 16.6. The Morgan fingerprint density at radius 1 is 1.06 bits per heavy atom. The van der Waals surface area contributed by atoms with Gasteiger partial charge in [0.25, 0.3) is 0 Å². The minimum absolute atomic E-state index is 0.0724. The first-order valence-electron chi connectivity index (χ1n) is 6.73. The van der Waals surface area contributed by atoms with E-state index in [1.54, 1.807) is 0 Å². The van der Waals surface area contributed by atoms with Crippen molar-refractivity contribution >= 4 is 5.97 Å². The van der Waals surface area contributed by atoms with Gasteiger partial charge in [0, 0.05) is 17.3 Å². The number of ether oxygens (including phenoxy) is 1. The van der Waals surface area contributed by atoms with Crippen molar-refractivity contribution in [1.29, 1.82) is 0 Å². The van der Waals surface area contributed by atoms with Crippen molar-refractivity contribution in [3.63, 3.8) is 0 Å². The Hall–Kier alpha value is -1.05. The summed E-state index contributed by atoms with van der Waals surface area (Å²) in [7, 11) is 0. The number of esters is 1. The summed E-state index contributed by atoms with van der Waals surface area (Å²) in [5, 5.41) is 0. The van der Waals surface area contributed by atoms with Gasteiger partial charge in [0.1, 0.15) is 5.60 Å². The van der Waals surface area contributed by atoms with Crippen LogP contribution in [0.5, 0.6) is 0 Å². The zero-order valence-electron chi connectivity index (χ0n) is 12.1. The molecule has 0 N–H and O–H groups in total. The van der Waals surface area contributed by atoms with Crippen LogP contribution in [0, 0.1) is 10.8 Å². The predicted octanol–water partition coefficient (Wildman–Crippen LogP) is 4.02. The van der Waals surface area contributed by atoms with Gasteiger partial charge in [0.2, 0.25) is 0 Å². The molecule has 1 heterocycles. The summed E-state index contributed by atoms with van der Waals surface area (Å²) in [6.07, 6.45) is 3.34. The van der Waals surface area contributed by atoms with Gasteiger partial charge in [0.15, 0.2) is 0 Å². The molecule has 2 fully saturated rings. The quantitative estimate of drug-likeness (QED) is 0.545. The van der Waals surface area contributed by atoms with E-state index in [0.29, 0.717) is 6.42 Å². The SMILES string of the molecule is C=C(C)[C@@]1(C)CC[C@](C)(C(=C)C)C12CCC(=O)O2. The summed E-state index contributed by atoms with van der Waals surface area (Å²) < 4.78 is 5.90. The van der Waals surface area contributed by atoms with E-state index < -0.39 is 5.60 Å². The molecule has 1 aliphatic carbocycles. The lowest BCUT2D eigenvalue weighted by Crippen LogP contribution is -2.52. The first-order valence-corrected chi connectivity index (χ1v) is 6.73. The maximum atomic E-state index is 11.7. The van der Waals surface area contributed by atoms with E-state index in [0.717, 1.165) is 30.4 Å². The molecular formula is C16H24O2. The van der Waals surface area contributed by atoms with Crippen LogP contribution in [-0.4, -0.2) is 11.6 Å². The number of hydrogen-bond donors (Lipinski definition) is 0. The van der Waals surface area contributed by atoms with E-state index in [1.807, 2.05) is 0 Å². The molecule has 1 aliphatic heterocycles. The van der Waals surface area contributed by atoms with Gasteiger partial charge < -0.3 is 4.74 Å². The molecule has 2 atom stereocenters. The van der Waals surface area contributed by atoms with E-state index in [1.165, 1.54) is 0 Å². The number of hydrogen-bond acceptors (Lipinski definition) is 2. The van der Waals surface area contributed by atoms with Crippen molar-refractivity contribution in [1.82, 2.24) is 0 Å². The van der Waals surface area contributed by atoms with Gasteiger partial charge in [-0.15, -0.1) is 0 Å². The molecule has 0 bridgehead atoms. The van der Waals surface area contributed by atoms with Crippen LogP contribution < -0.4 is 0 Å².